The van der Waals surface area contributed by atoms with Gasteiger partial charge in [-0.2, -0.15) is 0 Å². The monoisotopic (exact) mass is 236 g/mol. The Kier molecular flexibility index (Phi) is 3.19. The summed E-state index contributed by atoms with van der Waals surface area (Å²) in [6.45, 7) is 2.25. The lowest BCUT2D eigenvalue weighted by molar-refractivity contribution is 0.648. The van der Waals surface area contributed by atoms with Crippen molar-refractivity contribution in [3.63, 3.8) is 0 Å². The quantitative estimate of drug-likeness (QED) is 0.648. The summed E-state index contributed by atoms with van der Waals surface area (Å²) >= 11 is 0. The van der Waals surface area contributed by atoms with Gasteiger partial charge in [-0.25, -0.2) is 0 Å². The molecule has 0 aromatic heterocycles. The van der Waals surface area contributed by atoms with Gasteiger partial charge in [0, 0.05) is 11.8 Å². The van der Waals surface area contributed by atoms with Crippen molar-refractivity contribution in [1.82, 2.24) is 0 Å². The molecule has 0 nitrogen and oxygen atoms in total. The molecule has 0 N–H and O–H groups in total. The summed E-state index contributed by atoms with van der Waals surface area (Å²) in [4.78, 5) is 0. The standard InChI is InChI=1S/C18H20/c1-2-3-7-15-13-18(14-8-5-4-6-9-14)17-11-10-16(15)12-17/h4-11,13,16-17H,2-3,12H2,1H3/b15-7-/t16-,17+/m0/s1. The zero-order valence-corrected chi connectivity index (χ0v) is 11.0. The minimum absolute atomic E-state index is 0.635. The second kappa shape index (κ2) is 4.97. The van der Waals surface area contributed by atoms with Gasteiger partial charge in [0.15, 0.2) is 0 Å². The third-order valence-electron chi connectivity index (χ3n) is 4.01. The van der Waals surface area contributed by atoms with E-state index in [1.54, 1.807) is 0 Å². The zero-order chi connectivity index (χ0) is 12.4. The fourth-order valence-corrected chi connectivity index (χ4v) is 3.02. The normalized spacial score (nSPS) is 27.6. The second-order valence-electron chi connectivity index (χ2n) is 5.29. The van der Waals surface area contributed by atoms with Crippen molar-refractivity contribution < 1.29 is 0 Å². The topological polar surface area (TPSA) is 0 Å². The molecule has 0 spiro atoms. The molecule has 0 saturated carbocycles. The molecule has 92 valence electrons. The Morgan fingerprint density at radius 3 is 2.67 bits per heavy atom. The zero-order valence-electron chi connectivity index (χ0n) is 11.0. The Balaban J connectivity index is 1.98. The van der Waals surface area contributed by atoms with Crippen LogP contribution in [0.4, 0.5) is 0 Å². The van der Waals surface area contributed by atoms with E-state index in [0.717, 1.165) is 0 Å². The molecule has 3 rings (SSSR count). The highest BCUT2D eigenvalue weighted by Gasteiger charge is 2.29. The predicted octanol–water partition coefficient (Wildman–Crippen LogP) is 5.00. The largest absolute Gasteiger partial charge is 0.0807 e. The molecule has 2 aliphatic carbocycles. The SMILES string of the molecule is CCC/C=C1/C=C(c2ccccc2)[C@@H]2C=C[C@H]1C2. The number of fused-ring (bicyclic) bond motifs is 2. The van der Waals surface area contributed by atoms with Crippen LogP contribution in [0.1, 0.15) is 31.7 Å². The number of rotatable bonds is 3. The van der Waals surface area contributed by atoms with Gasteiger partial charge < -0.3 is 0 Å². The van der Waals surface area contributed by atoms with Crippen LogP contribution in [-0.2, 0) is 0 Å². The summed E-state index contributed by atoms with van der Waals surface area (Å²) in [7, 11) is 0. The molecule has 0 unspecified atom stereocenters. The van der Waals surface area contributed by atoms with E-state index in [9.17, 15) is 0 Å². The highest BCUT2D eigenvalue weighted by atomic mass is 14.3. The van der Waals surface area contributed by atoms with Crippen molar-refractivity contribution in [2.24, 2.45) is 11.8 Å². The van der Waals surface area contributed by atoms with Crippen LogP contribution in [0.25, 0.3) is 5.57 Å². The molecule has 0 aliphatic heterocycles. The van der Waals surface area contributed by atoms with Gasteiger partial charge in [0.1, 0.15) is 0 Å². The maximum atomic E-state index is 2.43. The minimum Gasteiger partial charge on any atom is -0.0807 e. The van der Waals surface area contributed by atoms with Gasteiger partial charge in [-0.05, 0) is 29.6 Å². The van der Waals surface area contributed by atoms with Crippen molar-refractivity contribution in [3.8, 4) is 0 Å². The van der Waals surface area contributed by atoms with Crippen molar-refractivity contribution in [2.75, 3.05) is 0 Å². The first-order valence-electron chi connectivity index (χ1n) is 7.04. The Morgan fingerprint density at radius 2 is 1.89 bits per heavy atom. The predicted molar refractivity (Wildman–Crippen MR) is 78.1 cm³/mol. The maximum Gasteiger partial charge on any atom is 0.00330 e. The van der Waals surface area contributed by atoms with Crippen LogP contribution in [0.15, 0.2) is 60.2 Å². The molecule has 0 fully saturated rings. The lowest BCUT2D eigenvalue weighted by atomic mass is 9.81. The molecule has 1 aromatic rings. The second-order valence-corrected chi connectivity index (χ2v) is 5.29. The van der Waals surface area contributed by atoms with Gasteiger partial charge in [0.05, 0.1) is 0 Å². The summed E-state index contributed by atoms with van der Waals surface area (Å²) in [6, 6.07) is 10.8. The van der Waals surface area contributed by atoms with E-state index in [-0.39, 0.29) is 0 Å². The number of unbranched alkanes of at least 4 members (excludes halogenated alkanes) is 1. The molecule has 0 amide bonds. The van der Waals surface area contributed by atoms with Crippen LogP contribution < -0.4 is 0 Å². The first kappa shape index (κ1) is 11.5. The summed E-state index contributed by atoms with van der Waals surface area (Å²) in [5, 5.41) is 0. The van der Waals surface area contributed by atoms with Crippen LogP contribution >= 0.6 is 0 Å². The molecule has 0 saturated heterocycles. The summed E-state index contributed by atoms with van der Waals surface area (Å²) in [6.07, 6.45) is 13.4. The smallest absolute Gasteiger partial charge is 0.00330 e. The summed E-state index contributed by atoms with van der Waals surface area (Å²) in [5.41, 5.74) is 4.42. The van der Waals surface area contributed by atoms with Gasteiger partial charge in [-0.3, -0.25) is 0 Å². The molecule has 2 atom stereocenters. The first-order valence-corrected chi connectivity index (χ1v) is 7.04. The van der Waals surface area contributed by atoms with Crippen LogP contribution in [-0.4, -0.2) is 0 Å². The van der Waals surface area contributed by atoms with E-state index in [4.69, 9.17) is 0 Å². The first-order chi connectivity index (χ1) is 8.88. The number of hydrogen-bond donors (Lipinski definition) is 0. The van der Waals surface area contributed by atoms with Crippen LogP contribution in [0.5, 0.6) is 0 Å². The highest BCUT2D eigenvalue weighted by Crippen LogP contribution is 2.43. The molecular formula is C18H20. The van der Waals surface area contributed by atoms with Gasteiger partial charge in [0.25, 0.3) is 0 Å². The van der Waals surface area contributed by atoms with E-state index >= 15 is 0 Å². The molecule has 1 aromatic carbocycles. The third kappa shape index (κ3) is 2.08. The van der Waals surface area contributed by atoms with Crippen LogP contribution in [0, 0.1) is 11.8 Å². The highest BCUT2D eigenvalue weighted by molar-refractivity contribution is 5.74. The van der Waals surface area contributed by atoms with Gasteiger partial charge in [-0.15, -0.1) is 0 Å². The summed E-state index contributed by atoms with van der Waals surface area (Å²) in [5.74, 6) is 1.31. The Bertz CT molecular complexity index is 502. The van der Waals surface area contributed by atoms with Crippen LogP contribution in [0.2, 0.25) is 0 Å². The average Bonchev–Trinajstić information content (AvgIpc) is 2.84. The van der Waals surface area contributed by atoms with Crippen molar-refractivity contribution in [1.29, 1.82) is 0 Å². The van der Waals surface area contributed by atoms with Gasteiger partial charge in [-0.1, -0.05) is 68.0 Å². The molecule has 0 heterocycles. The fraction of sp³-hybridized carbons (Fsp3) is 0.333. The van der Waals surface area contributed by atoms with Crippen molar-refractivity contribution >= 4 is 5.57 Å². The Hall–Kier alpha value is -1.56. The van der Waals surface area contributed by atoms with Crippen molar-refractivity contribution in [2.45, 2.75) is 26.2 Å². The van der Waals surface area contributed by atoms with E-state index < -0.39 is 0 Å². The van der Waals surface area contributed by atoms with Crippen molar-refractivity contribution in [3.05, 3.63) is 65.8 Å². The van der Waals surface area contributed by atoms with E-state index in [1.165, 1.54) is 36.0 Å². The van der Waals surface area contributed by atoms with Gasteiger partial charge >= 0.3 is 0 Å². The molecule has 18 heavy (non-hydrogen) atoms. The third-order valence-corrected chi connectivity index (χ3v) is 4.01. The lowest BCUT2D eigenvalue weighted by Crippen LogP contribution is -2.09. The van der Waals surface area contributed by atoms with Gasteiger partial charge in [0.2, 0.25) is 0 Å². The van der Waals surface area contributed by atoms with E-state index in [1.807, 2.05) is 0 Å². The van der Waals surface area contributed by atoms with Crippen LogP contribution in [0.3, 0.4) is 0 Å². The number of allylic oxidation sites excluding steroid dienone is 6. The Morgan fingerprint density at radius 1 is 1.11 bits per heavy atom. The Labute approximate surface area is 110 Å². The maximum absolute atomic E-state index is 2.43. The number of hydrogen-bond acceptors (Lipinski definition) is 0. The fourth-order valence-electron chi connectivity index (χ4n) is 3.02. The lowest BCUT2D eigenvalue weighted by Gasteiger charge is -2.23. The average molecular weight is 236 g/mol. The molecule has 0 radical (unpaired) electrons. The molecule has 2 bridgehead atoms. The molecule has 2 aliphatic rings. The molecular weight excluding hydrogens is 216 g/mol. The van der Waals surface area contributed by atoms with E-state index in [0.29, 0.717) is 11.8 Å². The van der Waals surface area contributed by atoms with E-state index in [2.05, 4.69) is 61.6 Å². The minimum atomic E-state index is 0.635. The number of benzene rings is 1. The summed E-state index contributed by atoms with van der Waals surface area (Å²) < 4.78 is 0. The molecule has 0 heteroatoms.